The van der Waals surface area contributed by atoms with Crippen molar-refractivity contribution in [2.24, 2.45) is 5.73 Å². The molecule has 0 fully saturated rings. The second-order valence-corrected chi connectivity index (χ2v) is 5.54. The van der Waals surface area contributed by atoms with Crippen LogP contribution in [-0.2, 0) is 0 Å². The zero-order valence-corrected chi connectivity index (χ0v) is 12.8. The minimum Gasteiger partial charge on any atom is -0.491 e. The summed E-state index contributed by atoms with van der Waals surface area (Å²) in [6.07, 6.45) is 0.115. The summed E-state index contributed by atoms with van der Waals surface area (Å²) in [7, 11) is 0. The number of halogens is 1. The van der Waals surface area contributed by atoms with Gasteiger partial charge in [-0.05, 0) is 44.0 Å². The number of hydrogen-bond acceptors (Lipinski definition) is 2. The van der Waals surface area contributed by atoms with Crippen molar-refractivity contribution < 1.29 is 4.74 Å². The van der Waals surface area contributed by atoms with Gasteiger partial charge in [0, 0.05) is 10.6 Å². The highest BCUT2D eigenvalue weighted by molar-refractivity contribution is 6.31. The van der Waals surface area contributed by atoms with Crippen LogP contribution in [0.3, 0.4) is 0 Å². The number of nitrogens with two attached hydrogens (primary N) is 1. The Bertz CT molecular complexity index is 595. The molecule has 0 amide bonds. The SMILES string of the molecule is Cc1c(Cl)cccc1C(N)c1ccccc1OC(C)C. The lowest BCUT2D eigenvalue weighted by atomic mass is 9.95. The summed E-state index contributed by atoms with van der Waals surface area (Å²) in [5, 5.41) is 0.736. The van der Waals surface area contributed by atoms with Crippen molar-refractivity contribution >= 4 is 11.6 Å². The monoisotopic (exact) mass is 289 g/mol. The fourth-order valence-corrected chi connectivity index (χ4v) is 2.41. The van der Waals surface area contributed by atoms with Crippen LogP contribution in [0.5, 0.6) is 5.75 Å². The highest BCUT2D eigenvalue weighted by atomic mass is 35.5. The molecule has 0 aliphatic carbocycles. The Morgan fingerprint density at radius 3 is 2.35 bits per heavy atom. The Morgan fingerprint density at radius 1 is 1.00 bits per heavy atom. The van der Waals surface area contributed by atoms with Gasteiger partial charge in [-0.2, -0.15) is 0 Å². The molecule has 2 nitrogen and oxygen atoms in total. The predicted molar refractivity (Wildman–Crippen MR) is 84.4 cm³/mol. The molecule has 0 aliphatic heterocycles. The van der Waals surface area contributed by atoms with Gasteiger partial charge in [0.2, 0.25) is 0 Å². The third-order valence-electron chi connectivity index (χ3n) is 3.26. The highest BCUT2D eigenvalue weighted by Gasteiger charge is 2.17. The van der Waals surface area contributed by atoms with Crippen LogP contribution < -0.4 is 10.5 Å². The van der Waals surface area contributed by atoms with E-state index in [1.165, 1.54) is 0 Å². The van der Waals surface area contributed by atoms with E-state index >= 15 is 0 Å². The fourth-order valence-electron chi connectivity index (χ4n) is 2.23. The van der Waals surface area contributed by atoms with Crippen molar-refractivity contribution in [2.45, 2.75) is 32.9 Å². The summed E-state index contributed by atoms with van der Waals surface area (Å²) >= 11 is 6.18. The maximum Gasteiger partial charge on any atom is 0.124 e. The molecule has 2 aromatic rings. The van der Waals surface area contributed by atoms with E-state index in [2.05, 4.69) is 0 Å². The third kappa shape index (κ3) is 3.14. The number of rotatable bonds is 4. The maximum absolute atomic E-state index is 6.42. The molecular formula is C17H20ClNO. The molecule has 0 aromatic heterocycles. The highest BCUT2D eigenvalue weighted by Crippen LogP contribution is 2.32. The minimum absolute atomic E-state index is 0.115. The van der Waals surface area contributed by atoms with Gasteiger partial charge in [0.1, 0.15) is 5.75 Å². The van der Waals surface area contributed by atoms with E-state index in [0.29, 0.717) is 0 Å². The molecule has 20 heavy (non-hydrogen) atoms. The molecule has 2 rings (SSSR count). The molecule has 0 saturated heterocycles. The van der Waals surface area contributed by atoms with Crippen LogP contribution in [0, 0.1) is 6.92 Å². The Morgan fingerprint density at radius 2 is 1.65 bits per heavy atom. The summed E-state index contributed by atoms with van der Waals surface area (Å²) in [5.74, 6) is 0.828. The Balaban J connectivity index is 2.43. The van der Waals surface area contributed by atoms with Crippen LogP contribution in [0.2, 0.25) is 5.02 Å². The van der Waals surface area contributed by atoms with Gasteiger partial charge >= 0.3 is 0 Å². The predicted octanol–water partition coefficient (Wildman–Crippen LogP) is 4.48. The maximum atomic E-state index is 6.42. The quantitative estimate of drug-likeness (QED) is 0.900. The molecule has 0 spiro atoms. The van der Waals surface area contributed by atoms with Crippen LogP contribution in [0.25, 0.3) is 0 Å². The van der Waals surface area contributed by atoms with E-state index in [1.807, 2.05) is 63.2 Å². The normalized spacial score (nSPS) is 12.5. The van der Waals surface area contributed by atoms with Crippen LogP contribution >= 0.6 is 11.6 Å². The van der Waals surface area contributed by atoms with Crippen LogP contribution in [0.4, 0.5) is 0 Å². The summed E-state index contributed by atoms with van der Waals surface area (Å²) in [6.45, 7) is 6.00. The van der Waals surface area contributed by atoms with Crippen molar-refractivity contribution in [1.29, 1.82) is 0 Å². The molecule has 2 aromatic carbocycles. The lowest BCUT2D eigenvalue weighted by molar-refractivity contribution is 0.239. The largest absolute Gasteiger partial charge is 0.491 e. The Kier molecular flexibility index (Phi) is 4.69. The first-order valence-electron chi connectivity index (χ1n) is 6.77. The lowest BCUT2D eigenvalue weighted by Gasteiger charge is -2.20. The number of benzene rings is 2. The second-order valence-electron chi connectivity index (χ2n) is 5.14. The van der Waals surface area contributed by atoms with Gasteiger partial charge in [-0.15, -0.1) is 0 Å². The smallest absolute Gasteiger partial charge is 0.124 e. The van der Waals surface area contributed by atoms with E-state index in [4.69, 9.17) is 22.1 Å². The molecule has 106 valence electrons. The van der Waals surface area contributed by atoms with E-state index < -0.39 is 0 Å². The van der Waals surface area contributed by atoms with Crippen molar-refractivity contribution in [1.82, 2.24) is 0 Å². The van der Waals surface area contributed by atoms with E-state index in [-0.39, 0.29) is 12.1 Å². The average molecular weight is 290 g/mol. The molecule has 0 saturated carbocycles. The Labute approximate surface area is 125 Å². The Hall–Kier alpha value is -1.51. The van der Waals surface area contributed by atoms with Crippen molar-refractivity contribution in [3.05, 3.63) is 64.2 Å². The van der Waals surface area contributed by atoms with Gasteiger partial charge in [0.05, 0.1) is 12.1 Å². The number of hydrogen-bond donors (Lipinski definition) is 1. The van der Waals surface area contributed by atoms with Crippen LogP contribution in [-0.4, -0.2) is 6.10 Å². The first-order valence-corrected chi connectivity index (χ1v) is 7.14. The topological polar surface area (TPSA) is 35.2 Å². The fraction of sp³-hybridized carbons (Fsp3) is 0.294. The van der Waals surface area contributed by atoms with E-state index in [9.17, 15) is 0 Å². The summed E-state index contributed by atoms with van der Waals surface area (Å²) in [6, 6.07) is 13.5. The number of ether oxygens (including phenoxy) is 1. The van der Waals surface area contributed by atoms with Crippen LogP contribution in [0.15, 0.2) is 42.5 Å². The summed E-state index contributed by atoms with van der Waals surface area (Å²) in [4.78, 5) is 0. The second kappa shape index (κ2) is 6.29. The molecular weight excluding hydrogens is 270 g/mol. The standard InChI is InChI=1S/C17H20ClNO/c1-11(2)20-16-10-5-4-7-14(16)17(19)13-8-6-9-15(18)12(13)3/h4-11,17H,19H2,1-3H3. The first-order chi connectivity index (χ1) is 9.50. The molecule has 2 N–H and O–H groups in total. The average Bonchev–Trinajstić information content (AvgIpc) is 2.41. The van der Waals surface area contributed by atoms with Crippen molar-refractivity contribution in [2.75, 3.05) is 0 Å². The number of para-hydroxylation sites is 1. The van der Waals surface area contributed by atoms with E-state index in [1.54, 1.807) is 0 Å². The van der Waals surface area contributed by atoms with Gasteiger partial charge in [-0.3, -0.25) is 0 Å². The molecule has 3 heteroatoms. The zero-order valence-electron chi connectivity index (χ0n) is 12.1. The van der Waals surface area contributed by atoms with Crippen molar-refractivity contribution in [3.8, 4) is 5.75 Å². The molecule has 0 aliphatic rings. The molecule has 0 radical (unpaired) electrons. The lowest BCUT2D eigenvalue weighted by Crippen LogP contribution is -2.16. The van der Waals surface area contributed by atoms with E-state index in [0.717, 1.165) is 27.5 Å². The zero-order chi connectivity index (χ0) is 14.7. The summed E-state index contributed by atoms with van der Waals surface area (Å²) < 4.78 is 5.85. The van der Waals surface area contributed by atoms with Crippen molar-refractivity contribution in [3.63, 3.8) is 0 Å². The third-order valence-corrected chi connectivity index (χ3v) is 3.67. The molecule has 0 heterocycles. The van der Waals surface area contributed by atoms with Gasteiger partial charge in [0.15, 0.2) is 0 Å². The van der Waals surface area contributed by atoms with Gasteiger partial charge in [-0.1, -0.05) is 41.9 Å². The summed E-state index contributed by atoms with van der Waals surface area (Å²) in [5.41, 5.74) is 9.44. The first kappa shape index (κ1) is 14.9. The van der Waals surface area contributed by atoms with Gasteiger partial charge in [0.25, 0.3) is 0 Å². The molecule has 1 unspecified atom stereocenters. The molecule has 1 atom stereocenters. The van der Waals surface area contributed by atoms with Gasteiger partial charge < -0.3 is 10.5 Å². The van der Waals surface area contributed by atoms with Crippen LogP contribution in [0.1, 0.15) is 36.6 Å². The molecule has 0 bridgehead atoms. The minimum atomic E-state index is -0.247. The van der Waals surface area contributed by atoms with Gasteiger partial charge in [-0.25, -0.2) is 0 Å².